The van der Waals surface area contributed by atoms with E-state index in [1.54, 1.807) is 36.7 Å². The van der Waals surface area contributed by atoms with Crippen molar-refractivity contribution < 1.29 is 9.18 Å². The van der Waals surface area contributed by atoms with Crippen molar-refractivity contribution in [3.05, 3.63) is 106 Å². The van der Waals surface area contributed by atoms with Crippen LogP contribution in [0.15, 0.2) is 77.9 Å². The highest BCUT2D eigenvalue weighted by atomic mass is 19.1. The first kappa shape index (κ1) is 18.5. The van der Waals surface area contributed by atoms with Crippen molar-refractivity contribution in [1.82, 2.24) is 20.1 Å². The van der Waals surface area contributed by atoms with Gasteiger partial charge in [0.25, 0.3) is 11.5 Å². The van der Waals surface area contributed by atoms with Crippen LogP contribution >= 0.6 is 0 Å². The number of fused-ring (bicyclic) bond motifs is 1. The first-order chi connectivity index (χ1) is 14.1. The van der Waals surface area contributed by atoms with Crippen LogP contribution in [0.3, 0.4) is 0 Å². The molecule has 2 aromatic heterocycles. The summed E-state index contributed by atoms with van der Waals surface area (Å²) < 4.78 is 14.4. The molecule has 0 aliphatic rings. The Morgan fingerprint density at radius 2 is 1.76 bits per heavy atom. The van der Waals surface area contributed by atoms with Crippen molar-refractivity contribution in [3.8, 4) is 0 Å². The third kappa shape index (κ3) is 4.03. The zero-order valence-corrected chi connectivity index (χ0v) is 15.4. The maximum atomic E-state index is 13.1. The Bertz CT molecular complexity index is 1220. The van der Waals surface area contributed by atoms with Gasteiger partial charge in [-0.05, 0) is 42.0 Å². The Morgan fingerprint density at radius 1 is 1.00 bits per heavy atom. The van der Waals surface area contributed by atoms with Crippen LogP contribution in [-0.4, -0.2) is 20.7 Å². The molecule has 144 valence electrons. The van der Waals surface area contributed by atoms with Crippen molar-refractivity contribution >= 4 is 16.7 Å². The number of nitrogens with zero attached hydrogens (tertiary/aromatic N) is 3. The lowest BCUT2D eigenvalue weighted by Crippen LogP contribution is -2.29. The Labute approximate surface area is 165 Å². The lowest BCUT2D eigenvalue weighted by atomic mass is 10.1. The van der Waals surface area contributed by atoms with E-state index in [-0.39, 0.29) is 24.6 Å². The van der Waals surface area contributed by atoms with Gasteiger partial charge in [-0.15, -0.1) is 0 Å². The van der Waals surface area contributed by atoms with Crippen molar-refractivity contribution in [1.29, 1.82) is 0 Å². The fraction of sp³-hybridized carbons (Fsp3) is 0.0909. The van der Waals surface area contributed by atoms with Crippen LogP contribution in [0, 0.1) is 5.82 Å². The largest absolute Gasteiger partial charge is 0.346 e. The number of carbonyl (C=O) groups is 1. The predicted molar refractivity (Wildman–Crippen MR) is 107 cm³/mol. The lowest BCUT2D eigenvalue weighted by Gasteiger charge is -2.12. The number of benzene rings is 2. The molecule has 29 heavy (non-hydrogen) atoms. The number of nitrogens with one attached hydrogen (secondary N) is 1. The van der Waals surface area contributed by atoms with Crippen LogP contribution in [0.5, 0.6) is 0 Å². The average Bonchev–Trinajstić information content (AvgIpc) is 2.76. The minimum absolute atomic E-state index is 0.129. The third-order valence-corrected chi connectivity index (χ3v) is 4.52. The third-order valence-electron chi connectivity index (χ3n) is 4.52. The van der Waals surface area contributed by atoms with E-state index in [1.807, 2.05) is 12.1 Å². The van der Waals surface area contributed by atoms with Crippen molar-refractivity contribution in [3.63, 3.8) is 0 Å². The quantitative estimate of drug-likeness (QED) is 0.570. The fourth-order valence-electron chi connectivity index (χ4n) is 3.07. The summed E-state index contributed by atoms with van der Waals surface area (Å²) in [5.41, 5.74) is 1.55. The van der Waals surface area contributed by atoms with Crippen LogP contribution in [-0.2, 0) is 13.1 Å². The van der Waals surface area contributed by atoms with Gasteiger partial charge in [-0.25, -0.2) is 9.07 Å². The molecule has 0 saturated carbocycles. The van der Waals surface area contributed by atoms with E-state index in [0.29, 0.717) is 22.0 Å². The van der Waals surface area contributed by atoms with Crippen molar-refractivity contribution in [2.75, 3.05) is 0 Å². The highest BCUT2D eigenvalue weighted by Crippen LogP contribution is 2.14. The van der Waals surface area contributed by atoms with E-state index in [4.69, 9.17) is 0 Å². The molecule has 0 bridgehead atoms. The second-order valence-electron chi connectivity index (χ2n) is 6.51. The van der Waals surface area contributed by atoms with Gasteiger partial charge >= 0.3 is 0 Å². The predicted octanol–water partition coefficient (Wildman–Crippen LogP) is 2.91. The summed E-state index contributed by atoms with van der Waals surface area (Å²) in [6.07, 6.45) is 3.34. The molecular weight excluding hydrogens is 371 g/mol. The van der Waals surface area contributed by atoms with Crippen LogP contribution in [0.4, 0.5) is 4.39 Å². The van der Waals surface area contributed by atoms with E-state index >= 15 is 0 Å². The maximum Gasteiger partial charge on any atom is 0.274 e. The van der Waals surface area contributed by atoms with Gasteiger partial charge in [0.15, 0.2) is 0 Å². The van der Waals surface area contributed by atoms with Gasteiger partial charge in [-0.2, -0.15) is 5.10 Å². The second kappa shape index (κ2) is 8.02. The smallest absolute Gasteiger partial charge is 0.274 e. The highest BCUT2D eigenvalue weighted by Gasteiger charge is 2.12. The molecule has 0 spiro atoms. The first-order valence-corrected chi connectivity index (χ1v) is 9.03. The van der Waals surface area contributed by atoms with Gasteiger partial charge in [0, 0.05) is 23.3 Å². The molecule has 0 aliphatic carbocycles. The number of hydrogen-bond donors (Lipinski definition) is 1. The summed E-state index contributed by atoms with van der Waals surface area (Å²) in [4.78, 5) is 29.3. The van der Waals surface area contributed by atoms with Crippen LogP contribution < -0.4 is 10.9 Å². The molecule has 2 heterocycles. The molecule has 1 N–H and O–H groups in total. The van der Waals surface area contributed by atoms with Crippen LogP contribution in [0.2, 0.25) is 0 Å². The number of halogens is 1. The second-order valence-corrected chi connectivity index (χ2v) is 6.51. The van der Waals surface area contributed by atoms with Crippen LogP contribution in [0.25, 0.3) is 10.8 Å². The molecule has 1 amide bonds. The van der Waals surface area contributed by atoms with Gasteiger partial charge in [0.05, 0.1) is 24.2 Å². The molecular formula is C22H17FN4O2. The van der Waals surface area contributed by atoms with Crippen molar-refractivity contribution in [2.45, 2.75) is 13.1 Å². The number of carbonyl (C=O) groups excluding carboxylic acids is 1. The SMILES string of the molecule is O=C(NCc1nn(Cc2cccnc2)c(=O)c2ccccc12)c1ccc(F)cc1. The standard InChI is InChI=1S/C22H17FN4O2/c23-17-9-7-16(8-10-17)21(28)25-13-20-18-5-1-2-6-19(18)22(29)27(26-20)14-15-4-3-11-24-12-15/h1-12H,13-14H2,(H,25,28). The van der Waals surface area contributed by atoms with Gasteiger partial charge in [0.2, 0.25) is 0 Å². The van der Waals surface area contributed by atoms with E-state index in [9.17, 15) is 14.0 Å². The van der Waals surface area contributed by atoms with E-state index in [1.165, 1.54) is 28.9 Å². The first-order valence-electron chi connectivity index (χ1n) is 9.03. The minimum Gasteiger partial charge on any atom is -0.346 e. The molecule has 7 heteroatoms. The number of pyridine rings is 1. The number of rotatable bonds is 5. The van der Waals surface area contributed by atoms with E-state index in [0.717, 1.165) is 5.56 Å². The maximum absolute atomic E-state index is 13.1. The zero-order valence-electron chi connectivity index (χ0n) is 15.4. The lowest BCUT2D eigenvalue weighted by molar-refractivity contribution is 0.0950. The van der Waals surface area contributed by atoms with Crippen LogP contribution in [0.1, 0.15) is 21.6 Å². The zero-order chi connectivity index (χ0) is 20.2. The molecule has 0 fully saturated rings. The Balaban J connectivity index is 1.66. The molecule has 2 aromatic carbocycles. The summed E-state index contributed by atoms with van der Waals surface area (Å²) in [5, 5.41) is 8.47. The highest BCUT2D eigenvalue weighted by molar-refractivity contribution is 5.94. The minimum atomic E-state index is -0.406. The van der Waals surface area contributed by atoms with Gasteiger partial charge in [0.1, 0.15) is 5.82 Å². The van der Waals surface area contributed by atoms with E-state index in [2.05, 4.69) is 15.4 Å². The summed E-state index contributed by atoms with van der Waals surface area (Å²) >= 11 is 0. The summed E-state index contributed by atoms with van der Waals surface area (Å²) in [5.74, 6) is -0.752. The van der Waals surface area contributed by atoms with Crippen molar-refractivity contribution in [2.24, 2.45) is 0 Å². The summed E-state index contributed by atoms with van der Waals surface area (Å²) in [7, 11) is 0. The molecule has 4 rings (SSSR count). The molecule has 0 atom stereocenters. The fourth-order valence-corrected chi connectivity index (χ4v) is 3.07. The summed E-state index contributed by atoms with van der Waals surface area (Å²) in [6, 6.07) is 16.1. The van der Waals surface area contributed by atoms with Gasteiger partial charge in [-0.3, -0.25) is 14.6 Å². The summed E-state index contributed by atoms with van der Waals surface area (Å²) in [6.45, 7) is 0.403. The Hall–Kier alpha value is -3.87. The molecule has 4 aromatic rings. The average molecular weight is 388 g/mol. The number of amides is 1. The molecule has 6 nitrogen and oxygen atoms in total. The molecule has 0 unspecified atom stereocenters. The Kier molecular flexibility index (Phi) is 5.11. The Morgan fingerprint density at radius 3 is 2.48 bits per heavy atom. The van der Waals surface area contributed by atoms with Gasteiger partial charge < -0.3 is 5.32 Å². The van der Waals surface area contributed by atoms with Gasteiger partial charge in [-0.1, -0.05) is 24.3 Å². The van der Waals surface area contributed by atoms with E-state index < -0.39 is 5.82 Å². The molecule has 0 aliphatic heterocycles. The number of aromatic nitrogens is 3. The normalized spacial score (nSPS) is 10.8. The molecule has 0 saturated heterocycles. The topological polar surface area (TPSA) is 76.9 Å². The number of hydrogen-bond acceptors (Lipinski definition) is 4. The monoisotopic (exact) mass is 388 g/mol. The molecule has 0 radical (unpaired) electrons.